The minimum atomic E-state index is -0.364. The summed E-state index contributed by atoms with van der Waals surface area (Å²) in [4.78, 5) is 15.1. The highest BCUT2D eigenvalue weighted by Gasteiger charge is 2.12. The summed E-state index contributed by atoms with van der Waals surface area (Å²) in [7, 11) is 0. The van der Waals surface area contributed by atoms with Crippen molar-refractivity contribution in [1.29, 1.82) is 0 Å². The number of allylic oxidation sites excluding steroid dienone is 1. The van der Waals surface area contributed by atoms with E-state index in [2.05, 4.69) is 27.5 Å². The number of carbonyl (C=O) groups excluding carboxylic acids is 1. The van der Waals surface area contributed by atoms with Crippen molar-refractivity contribution >= 4 is 32.8 Å². The summed E-state index contributed by atoms with van der Waals surface area (Å²) in [5.41, 5.74) is 2.26. The molecule has 0 fully saturated rings. The molecule has 1 aromatic heterocycles. The number of fused-ring (bicyclic) bond motifs is 1. The van der Waals surface area contributed by atoms with E-state index in [9.17, 15) is 4.79 Å². The number of ether oxygens (including phenoxy) is 1. The lowest BCUT2D eigenvalue weighted by molar-refractivity contribution is 0.0537. The molecule has 0 saturated carbocycles. The van der Waals surface area contributed by atoms with Crippen LogP contribution in [0.4, 0.5) is 0 Å². The number of H-pyrrole nitrogens is 1. The Kier molecular flexibility index (Phi) is 11.6. The van der Waals surface area contributed by atoms with E-state index in [1.165, 1.54) is 0 Å². The van der Waals surface area contributed by atoms with Gasteiger partial charge in [0, 0.05) is 9.86 Å². The predicted octanol–water partition coefficient (Wildman–Crippen LogP) is 6.66. The normalized spacial score (nSPS) is 10.2. The quantitative estimate of drug-likeness (QED) is 0.455. The van der Waals surface area contributed by atoms with E-state index in [-0.39, 0.29) is 12.6 Å². The first kappa shape index (κ1) is 22.2. The second-order valence-corrected chi connectivity index (χ2v) is 5.21. The zero-order valence-electron chi connectivity index (χ0n) is 15.3. The smallest absolute Gasteiger partial charge is 0.355 e. The van der Waals surface area contributed by atoms with Gasteiger partial charge in [0.1, 0.15) is 12.3 Å². The van der Waals surface area contributed by atoms with Crippen LogP contribution in [0.3, 0.4) is 0 Å². The molecule has 1 heterocycles. The van der Waals surface area contributed by atoms with Gasteiger partial charge in [-0.15, -0.1) is 0 Å². The summed E-state index contributed by atoms with van der Waals surface area (Å²) in [6.45, 7) is 14.0. The van der Waals surface area contributed by atoms with E-state index in [0.717, 1.165) is 27.4 Å². The van der Waals surface area contributed by atoms with Gasteiger partial charge in [-0.1, -0.05) is 65.5 Å². The van der Waals surface area contributed by atoms with Gasteiger partial charge in [0.25, 0.3) is 0 Å². The van der Waals surface area contributed by atoms with Crippen LogP contribution in [0.25, 0.3) is 10.9 Å². The number of para-hydroxylation sites is 1. The number of esters is 1. The van der Waals surface area contributed by atoms with E-state index in [4.69, 9.17) is 4.74 Å². The Bertz CT molecular complexity index is 671. The Hall–Kier alpha value is -1.81. The minimum Gasteiger partial charge on any atom is -0.456 e. The van der Waals surface area contributed by atoms with Gasteiger partial charge in [0.15, 0.2) is 0 Å². The maximum Gasteiger partial charge on any atom is 0.355 e. The molecule has 132 valence electrons. The average molecular weight is 394 g/mol. The molecule has 0 saturated heterocycles. The van der Waals surface area contributed by atoms with Crippen molar-refractivity contribution < 1.29 is 9.53 Å². The molecular formula is C20H28BrNO2. The van der Waals surface area contributed by atoms with Crippen LogP contribution in [0.2, 0.25) is 0 Å². The molecule has 0 amide bonds. The molecule has 2 aromatic rings. The number of aromatic amines is 1. The van der Waals surface area contributed by atoms with Crippen LogP contribution in [-0.2, 0) is 4.74 Å². The SMILES string of the molecule is C=C/C(=C\CC)COC(=O)c1cc2cccc(Br)c2[nH]1.CC.CC. The summed E-state index contributed by atoms with van der Waals surface area (Å²) in [6.07, 6.45) is 4.58. The second kappa shape index (κ2) is 12.6. The van der Waals surface area contributed by atoms with Crippen LogP contribution < -0.4 is 0 Å². The monoisotopic (exact) mass is 393 g/mol. The lowest BCUT2D eigenvalue weighted by Crippen LogP contribution is -2.07. The number of nitrogens with one attached hydrogen (secondary N) is 1. The summed E-state index contributed by atoms with van der Waals surface area (Å²) < 4.78 is 6.20. The fraction of sp³-hybridized carbons (Fsp3) is 0.350. The molecule has 2 rings (SSSR count). The van der Waals surface area contributed by atoms with Crippen molar-refractivity contribution in [3.05, 3.63) is 58.7 Å². The van der Waals surface area contributed by atoms with Crippen LogP contribution >= 0.6 is 15.9 Å². The highest BCUT2D eigenvalue weighted by Crippen LogP contribution is 2.24. The van der Waals surface area contributed by atoms with Gasteiger partial charge in [-0.25, -0.2) is 4.79 Å². The van der Waals surface area contributed by atoms with E-state index >= 15 is 0 Å². The lowest BCUT2D eigenvalue weighted by Gasteiger charge is -2.03. The van der Waals surface area contributed by atoms with Gasteiger partial charge in [-0.2, -0.15) is 0 Å². The maximum absolute atomic E-state index is 12.0. The van der Waals surface area contributed by atoms with Gasteiger partial charge < -0.3 is 9.72 Å². The summed E-state index contributed by atoms with van der Waals surface area (Å²) >= 11 is 3.45. The van der Waals surface area contributed by atoms with Gasteiger partial charge in [0.05, 0.1) is 5.52 Å². The van der Waals surface area contributed by atoms with Gasteiger partial charge in [0.2, 0.25) is 0 Å². The van der Waals surface area contributed by atoms with E-state index in [1.807, 2.05) is 58.9 Å². The zero-order chi connectivity index (χ0) is 18.5. The molecule has 0 aliphatic heterocycles. The van der Waals surface area contributed by atoms with Gasteiger partial charge >= 0.3 is 5.97 Å². The number of hydrogen-bond donors (Lipinski definition) is 1. The topological polar surface area (TPSA) is 42.1 Å². The van der Waals surface area contributed by atoms with Crippen molar-refractivity contribution in [3.63, 3.8) is 0 Å². The fourth-order valence-corrected chi connectivity index (χ4v) is 2.40. The first-order chi connectivity index (χ1) is 11.7. The largest absolute Gasteiger partial charge is 0.456 e. The molecular weight excluding hydrogens is 366 g/mol. The summed E-state index contributed by atoms with van der Waals surface area (Å²) in [5.74, 6) is -0.364. The third-order valence-corrected chi connectivity index (χ3v) is 3.58. The molecule has 0 radical (unpaired) electrons. The molecule has 0 aliphatic carbocycles. The third kappa shape index (κ3) is 6.36. The van der Waals surface area contributed by atoms with Crippen molar-refractivity contribution in [2.45, 2.75) is 41.0 Å². The molecule has 0 unspecified atom stereocenters. The Balaban J connectivity index is 0.00000123. The van der Waals surface area contributed by atoms with E-state index < -0.39 is 0 Å². The third-order valence-electron chi connectivity index (χ3n) is 2.92. The number of halogens is 1. The Morgan fingerprint density at radius 1 is 1.29 bits per heavy atom. The number of rotatable bonds is 5. The maximum atomic E-state index is 12.0. The van der Waals surface area contributed by atoms with E-state index in [1.54, 1.807) is 12.1 Å². The first-order valence-corrected chi connectivity index (χ1v) is 9.20. The zero-order valence-corrected chi connectivity index (χ0v) is 16.9. The fourth-order valence-electron chi connectivity index (χ4n) is 1.92. The van der Waals surface area contributed by atoms with Gasteiger partial charge in [-0.05, 0) is 40.1 Å². The predicted molar refractivity (Wildman–Crippen MR) is 108 cm³/mol. The molecule has 0 spiro atoms. The van der Waals surface area contributed by atoms with Crippen LogP contribution in [0.1, 0.15) is 51.5 Å². The molecule has 0 aliphatic rings. The molecule has 1 aromatic carbocycles. The number of benzene rings is 1. The highest BCUT2D eigenvalue weighted by atomic mass is 79.9. The molecule has 24 heavy (non-hydrogen) atoms. The molecule has 0 atom stereocenters. The van der Waals surface area contributed by atoms with Crippen molar-refractivity contribution in [2.75, 3.05) is 6.61 Å². The Morgan fingerprint density at radius 2 is 1.96 bits per heavy atom. The van der Waals surface area contributed by atoms with Gasteiger partial charge in [-0.3, -0.25) is 0 Å². The van der Waals surface area contributed by atoms with Crippen LogP contribution in [0.15, 0.2) is 53.0 Å². The van der Waals surface area contributed by atoms with E-state index in [0.29, 0.717) is 5.69 Å². The molecule has 3 nitrogen and oxygen atoms in total. The standard InChI is InChI=1S/C16H16BrNO2.2C2H6/c1-3-6-11(4-2)10-20-16(19)14-9-12-7-5-8-13(17)15(12)18-14;2*1-2/h4-9,18H,2-3,10H2,1H3;2*1-2H3/b11-6+;;. The lowest BCUT2D eigenvalue weighted by atomic mass is 10.2. The molecule has 4 heteroatoms. The Labute approximate surface area is 153 Å². The molecule has 1 N–H and O–H groups in total. The Morgan fingerprint density at radius 3 is 2.50 bits per heavy atom. The minimum absolute atomic E-state index is 0.243. The summed E-state index contributed by atoms with van der Waals surface area (Å²) in [5, 5.41) is 0.972. The van der Waals surface area contributed by atoms with Crippen LogP contribution in [0.5, 0.6) is 0 Å². The number of aromatic nitrogens is 1. The second-order valence-electron chi connectivity index (χ2n) is 4.35. The summed E-state index contributed by atoms with van der Waals surface area (Å²) in [6, 6.07) is 7.59. The molecule has 0 bridgehead atoms. The first-order valence-electron chi connectivity index (χ1n) is 8.41. The van der Waals surface area contributed by atoms with Crippen molar-refractivity contribution in [3.8, 4) is 0 Å². The highest BCUT2D eigenvalue weighted by molar-refractivity contribution is 9.10. The van der Waals surface area contributed by atoms with Crippen molar-refractivity contribution in [1.82, 2.24) is 4.98 Å². The average Bonchev–Trinajstić information content (AvgIpc) is 3.07. The number of carbonyl (C=O) groups is 1. The van der Waals surface area contributed by atoms with Crippen LogP contribution in [0, 0.1) is 0 Å². The van der Waals surface area contributed by atoms with Crippen LogP contribution in [-0.4, -0.2) is 17.6 Å². The van der Waals surface area contributed by atoms with Crippen molar-refractivity contribution in [2.24, 2.45) is 0 Å². The number of hydrogen-bond acceptors (Lipinski definition) is 2.